The first-order valence-corrected chi connectivity index (χ1v) is 11.4. The second kappa shape index (κ2) is 9.77. The Morgan fingerprint density at radius 1 is 1.26 bits per heavy atom. The highest BCUT2D eigenvalue weighted by atomic mass is 35.5. The molecule has 0 radical (unpaired) electrons. The van der Waals surface area contributed by atoms with E-state index in [1.807, 2.05) is 19.9 Å². The molecule has 8 nitrogen and oxygen atoms in total. The number of fused-ring (bicyclic) bond motifs is 1. The number of nitrogens with one attached hydrogen (secondary N) is 2. The zero-order valence-electron chi connectivity index (χ0n) is 19.5. The predicted octanol–water partition coefficient (Wildman–Crippen LogP) is 4.06. The summed E-state index contributed by atoms with van der Waals surface area (Å²) in [6.07, 6.45) is 0.815. The Hall–Kier alpha value is -3.52. The van der Waals surface area contributed by atoms with Crippen molar-refractivity contribution in [2.24, 2.45) is 7.05 Å². The van der Waals surface area contributed by atoms with Crippen molar-refractivity contribution < 1.29 is 19.1 Å². The number of hydrogen-bond donors (Lipinski definition) is 2. The summed E-state index contributed by atoms with van der Waals surface area (Å²) >= 11 is 6.61. The number of amides is 2. The van der Waals surface area contributed by atoms with Crippen LogP contribution in [0, 0.1) is 6.92 Å². The lowest BCUT2D eigenvalue weighted by Gasteiger charge is -2.33. The fourth-order valence-corrected chi connectivity index (χ4v) is 4.57. The molecule has 0 aliphatic carbocycles. The van der Waals surface area contributed by atoms with Crippen LogP contribution in [0.25, 0.3) is 0 Å². The van der Waals surface area contributed by atoms with Crippen LogP contribution in [0.1, 0.15) is 46.4 Å². The maximum Gasteiger partial charge on any atom is 0.251 e. The van der Waals surface area contributed by atoms with Gasteiger partial charge in [-0.1, -0.05) is 36.7 Å². The number of ether oxygens (including phenoxy) is 2. The Labute approximate surface area is 203 Å². The highest BCUT2D eigenvalue weighted by Crippen LogP contribution is 2.44. The number of carbonyl (C=O) groups excluding carboxylic acids is 2. The lowest BCUT2D eigenvalue weighted by molar-refractivity contribution is -0.118. The second-order valence-electron chi connectivity index (χ2n) is 8.14. The normalized spacial score (nSPS) is 17.0. The van der Waals surface area contributed by atoms with Crippen LogP contribution < -0.4 is 20.1 Å². The van der Waals surface area contributed by atoms with Crippen molar-refractivity contribution >= 4 is 29.2 Å². The molecule has 0 saturated carbocycles. The van der Waals surface area contributed by atoms with Gasteiger partial charge < -0.3 is 20.1 Å². The topological polar surface area (TPSA) is 94.5 Å². The standard InChI is InChI=1S/C25H27ClN4O4/c1-5-11-34-22-17(26)12-16(13-18(22)33-4)20-19-14(2)29-30(3)23(19)28-25(32)21(20)27-24(31)15-9-7-6-8-10-15/h6-10,12-13,20-21H,5,11H2,1-4H3,(H,27,31)(H,28,32)/t20-,21+/m1/s1. The van der Waals surface area contributed by atoms with E-state index >= 15 is 0 Å². The molecule has 34 heavy (non-hydrogen) atoms. The molecule has 178 valence electrons. The maximum absolute atomic E-state index is 13.3. The average molecular weight is 483 g/mol. The van der Waals surface area contributed by atoms with Gasteiger partial charge in [0.15, 0.2) is 11.5 Å². The average Bonchev–Trinajstić information content (AvgIpc) is 3.11. The summed E-state index contributed by atoms with van der Waals surface area (Å²) < 4.78 is 13.0. The quantitative estimate of drug-likeness (QED) is 0.529. The van der Waals surface area contributed by atoms with Gasteiger partial charge in [0.2, 0.25) is 5.91 Å². The van der Waals surface area contributed by atoms with Gasteiger partial charge in [0.1, 0.15) is 11.9 Å². The fourth-order valence-electron chi connectivity index (χ4n) is 4.29. The first-order valence-electron chi connectivity index (χ1n) is 11.1. The molecule has 0 unspecified atom stereocenters. The van der Waals surface area contributed by atoms with Gasteiger partial charge in [0.25, 0.3) is 5.91 Å². The van der Waals surface area contributed by atoms with Crippen molar-refractivity contribution in [3.63, 3.8) is 0 Å². The van der Waals surface area contributed by atoms with Gasteiger partial charge in [-0.15, -0.1) is 0 Å². The van der Waals surface area contributed by atoms with E-state index in [0.717, 1.165) is 17.7 Å². The van der Waals surface area contributed by atoms with Crippen LogP contribution in [-0.4, -0.2) is 41.4 Å². The number of halogens is 1. The number of rotatable bonds is 7. The molecule has 9 heteroatoms. The Bertz CT molecular complexity index is 1230. The van der Waals surface area contributed by atoms with Crippen molar-refractivity contribution in [1.82, 2.24) is 15.1 Å². The Kier molecular flexibility index (Phi) is 6.79. The molecule has 4 rings (SSSR count). The molecule has 2 amide bonds. The van der Waals surface area contributed by atoms with E-state index in [4.69, 9.17) is 21.1 Å². The molecular weight excluding hydrogens is 456 g/mol. The van der Waals surface area contributed by atoms with Gasteiger partial charge in [-0.2, -0.15) is 5.10 Å². The number of methoxy groups -OCH3 is 1. The molecule has 0 saturated heterocycles. The number of nitrogens with zero attached hydrogens (tertiary/aromatic N) is 2. The van der Waals surface area contributed by atoms with Crippen LogP contribution in [0.4, 0.5) is 5.82 Å². The smallest absolute Gasteiger partial charge is 0.251 e. The van der Waals surface area contributed by atoms with Crippen LogP contribution in [0.2, 0.25) is 5.02 Å². The van der Waals surface area contributed by atoms with Crippen LogP contribution >= 0.6 is 11.6 Å². The monoisotopic (exact) mass is 482 g/mol. The summed E-state index contributed by atoms with van der Waals surface area (Å²) in [6, 6.07) is 11.4. The molecule has 2 heterocycles. The molecular formula is C25H27ClN4O4. The number of benzene rings is 2. The highest BCUT2D eigenvalue weighted by Gasteiger charge is 2.42. The van der Waals surface area contributed by atoms with E-state index < -0.39 is 12.0 Å². The van der Waals surface area contributed by atoms with Gasteiger partial charge in [0.05, 0.1) is 24.4 Å². The van der Waals surface area contributed by atoms with Crippen molar-refractivity contribution in [2.75, 3.05) is 19.0 Å². The largest absolute Gasteiger partial charge is 0.493 e. The Morgan fingerprint density at radius 2 is 2.00 bits per heavy atom. The van der Waals surface area contributed by atoms with Gasteiger partial charge in [-0.25, -0.2) is 0 Å². The lowest BCUT2D eigenvalue weighted by atomic mass is 9.81. The van der Waals surface area contributed by atoms with Gasteiger partial charge in [0, 0.05) is 24.1 Å². The number of aromatic nitrogens is 2. The van der Waals surface area contributed by atoms with Crippen LogP contribution in [-0.2, 0) is 11.8 Å². The van der Waals surface area contributed by atoms with E-state index in [0.29, 0.717) is 40.1 Å². The van der Waals surface area contributed by atoms with Crippen molar-refractivity contribution in [2.45, 2.75) is 32.2 Å². The van der Waals surface area contributed by atoms with Crippen LogP contribution in [0.15, 0.2) is 42.5 Å². The predicted molar refractivity (Wildman–Crippen MR) is 130 cm³/mol. The zero-order chi connectivity index (χ0) is 24.4. The van der Waals surface area contributed by atoms with Gasteiger partial charge >= 0.3 is 0 Å². The summed E-state index contributed by atoms with van der Waals surface area (Å²) in [5.74, 6) is 0.250. The summed E-state index contributed by atoms with van der Waals surface area (Å²) in [7, 11) is 3.30. The Morgan fingerprint density at radius 3 is 2.68 bits per heavy atom. The van der Waals surface area contributed by atoms with E-state index in [1.54, 1.807) is 48.1 Å². The SMILES string of the molecule is CCCOc1c(Cl)cc([C@@H]2c3c(C)nn(C)c3NC(=O)[C@H]2NC(=O)c2ccccc2)cc1OC. The van der Waals surface area contributed by atoms with Gasteiger partial charge in [-0.3, -0.25) is 14.3 Å². The number of anilines is 1. The fraction of sp³-hybridized carbons (Fsp3) is 0.320. The second-order valence-corrected chi connectivity index (χ2v) is 8.55. The van der Waals surface area contributed by atoms with Crippen molar-refractivity contribution in [1.29, 1.82) is 0 Å². The maximum atomic E-state index is 13.3. The van der Waals surface area contributed by atoms with Crippen LogP contribution in [0.5, 0.6) is 11.5 Å². The summed E-state index contributed by atoms with van der Waals surface area (Å²) in [5.41, 5.74) is 2.71. The van der Waals surface area contributed by atoms with E-state index in [2.05, 4.69) is 15.7 Å². The molecule has 1 aliphatic heterocycles. The van der Waals surface area contributed by atoms with Crippen molar-refractivity contribution in [3.05, 3.63) is 69.9 Å². The number of carbonyl (C=O) groups is 2. The first kappa shape index (κ1) is 23.6. The molecule has 1 aliphatic rings. The van der Waals surface area contributed by atoms with Gasteiger partial charge in [-0.05, 0) is 43.2 Å². The molecule has 3 aromatic rings. The molecule has 2 N–H and O–H groups in total. The summed E-state index contributed by atoms with van der Waals surface area (Å²) in [4.78, 5) is 26.3. The number of hydrogen-bond acceptors (Lipinski definition) is 5. The third-order valence-electron chi connectivity index (χ3n) is 5.82. The number of aryl methyl sites for hydroxylation is 2. The zero-order valence-corrected chi connectivity index (χ0v) is 20.3. The van der Waals surface area contributed by atoms with Crippen LogP contribution in [0.3, 0.4) is 0 Å². The summed E-state index contributed by atoms with van der Waals surface area (Å²) in [5, 5.41) is 10.7. The molecule has 2 atom stereocenters. The molecule has 0 spiro atoms. The van der Waals surface area contributed by atoms with E-state index in [1.165, 1.54) is 7.11 Å². The lowest BCUT2D eigenvalue weighted by Crippen LogP contribution is -2.50. The minimum atomic E-state index is -0.897. The van der Waals surface area contributed by atoms with Crippen molar-refractivity contribution in [3.8, 4) is 11.5 Å². The molecule has 0 bridgehead atoms. The molecule has 0 fully saturated rings. The first-order chi connectivity index (χ1) is 16.3. The third kappa shape index (κ3) is 4.33. The minimum Gasteiger partial charge on any atom is -0.493 e. The third-order valence-corrected chi connectivity index (χ3v) is 6.10. The highest BCUT2D eigenvalue weighted by molar-refractivity contribution is 6.32. The Balaban J connectivity index is 1.83. The summed E-state index contributed by atoms with van der Waals surface area (Å²) in [6.45, 7) is 4.36. The minimum absolute atomic E-state index is 0.342. The van der Waals surface area contributed by atoms with E-state index in [-0.39, 0.29) is 11.8 Å². The molecule has 2 aromatic carbocycles. The van der Waals surface area contributed by atoms with E-state index in [9.17, 15) is 9.59 Å². The molecule has 1 aromatic heterocycles.